The summed E-state index contributed by atoms with van der Waals surface area (Å²) in [5.41, 5.74) is 3.68. The molecule has 0 saturated heterocycles. The van der Waals surface area contributed by atoms with Crippen LogP contribution in [0.2, 0.25) is 0 Å². The quantitative estimate of drug-likeness (QED) is 0.807. The predicted molar refractivity (Wildman–Crippen MR) is 75.9 cm³/mol. The molecule has 2 nitrogen and oxygen atoms in total. The van der Waals surface area contributed by atoms with Gasteiger partial charge in [-0.05, 0) is 25.3 Å². The Morgan fingerprint density at radius 2 is 1.94 bits per heavy atom. The fourth-order valence-electron chi connectivity index (χ4n) is 2.38. The van der Waals surface area contributed by atoms with Gasteiger partial charge in [0.1, 0.15) is 5.82 Å². The second-order valence-electron chi connectivity index (χ2n) is 4.89. The normalized spacial score (nSPS) is 16.6. The molecular weight excluding hydrogens is 288 g/mol. The van der Waals surface area contributed by atoms with Crippen LogP contribution in [0.5, 0.6) is 0 Å². The first-order chi connectivity index (χ1) is 8.76. The molecule has 1 saturated carbocycles. The fourth-order valence-corrected chi connectivity index (χ4v) is 2.93. The predicted octanol–water partition coefficient (Wildman–Crippen LogP) is 3.76. The van der Waals surface area contributed by atoms with Crippen molar-refractivity contribution in [3.05, 3.63) is 59.2 Å². The molecular formula is C15H15BrN2. The zero-order valence-electron chi connectivity index (χ0n) is 10.4. The van der Waals surface area contributed by atoms with Crippen molar-refractivity contribution in [2.75, 3.05) is 0 Å². The van der Waals surface area contributed by atoms with Crippen molar-refractivity contribution in [3.63, 3.8) is 0 Å². The van der Waals surface area contributed by atoms with Gasteiger partial charge in [-0.3, -0.25) is 0 Å². The van der Waals surface area contributed by atoms with Gasteiger partial charge in [0.2, 0.25) is 0 Å². The first-order valence-electron chi connectivity index (χ1n) is 6.21. The summed E-state index contributed by atoms with van der Waals surface area (Å²) in [4.78, 5) is 9.29. The molecule has 1 aliphatic rings. The van der Waals surface area contributed by atoms with Crippen molar-refractivity contribution in [1.82, 2.24) is 9.97 Å². The summed E-state index contributed by atoms with van der Waals surface area (Å²) < 4.78 is 0. The Kier molecular flexibility index (Phi) is 2.94. The van der Waals surface area contributed by atoms with Gasteiger partial charge in [-0.1, -0.05) is 46.3 Å². The molecule has 0 radical (unpaired) electrons. The smallest absolute Gasteiger partial charge is 0.139 e. The minimum absolute atomic E-state index is 0.0802. The summed E-state index contributed by atoms with van der Waals surface area (Å²) in [6.45, 7) is 2.06. The van der Waals surface area contributed by atoms with E-state index in [-0.39, 0.29) is 5.41 Å². The van der Waals surface area contributed by atoms with E-state index in [1.54, 1.807) is 0 Å². The number of nitrogens with zero attached hydrogens (tertiary/aromatic N) is 2. The van der Waals surface area contributed by atoms with Gasteiger partial charge in [0.05, 0.1) is 5.41 Å². The van der Waals surface area contributed by atoms with Crippen LogP contribution >= 0.6 is 15.9 Å². The van der Waals surface area contributed by atoms with Gasteiger partial charge >= 0.3 is 0 Å². The Hall–Kier alpha value is -1.22. The third kappa shape index (κ3) is 1.87. The van der Waals surface area contributed by atoms with Gasteiger partial charge in [0, 0.05) is 22.8 Å². The van der Waals surface area contributed by atoms with Crippen LogP contribution in [0, 0.1) is 6.92 Å². The first-order valence-corrected chi connectivity index (χ1v) is 7.33. The molecule has 92 valence electrons. The maximum absolute atomic E-state index is 4.71. The van der Waals surface area contributed by atoms with Crippen LogP contribution in [-0.2, 0) is 10.7 Å². The standard InChI is InChI=1S/C15H15BrN2/c1-11-12(9-16)10-17-14(18-11)15(7-8-15)13-5-3-2-4-6-13/h2-6,10H,7-9H2,1H3. The van der Waals surface area contributed by atoms with Crippen molar-refractivity contribution in [1.29, 1.82) is 0 Å². The molecule has 2 aromatic rings. The largest absolute Gasteiger partial charge is 0.240 e. The highest BCUT2D eigenvalue weighted by atomic mass is 79.9. The number of alkyl halides is 1. The highest BCUT2D eigenvalue weighted by Crippen LogP contribution is 2.52. The number of hydrogen-bond acceptors (Lipinski definition) is 2. The highest BCUT2D eigenvalue weighted by Gasteiger charge is 2.48. The number of aryl methyl sites for hydroxylation is 1. The Morgan fingerprint density at radius 3 is 2.50 bits per heavy atom. The second-order valence-corrected chi connectivity index (χ2v) is 5.45. The zero-order chi connectivity index (χ0) is 12.6. The van der Waals surface area contributed by atoms with Gasteiger partial charge in [0.15, 0.2) is 0 Å². The molecule has 0 unspecified atom stereocenters. The molecule has 1 heterocycles. The van der Waals surface area contributed by atoms with Gasteiger partial charge < -0.3 is 0 Å². The lowest BCUT2D eigenvalue weighted by molar-refractivity contribution is 0.743. The summed E-state index contributed by atoms with van der Waals surface area (Å²) >= 11 is 3.46. The van der Waals surface area contributed by atoms with Crippen LogP contribution in [0.15, 0.2) is 36.5 Å². The number of hydrogen-bond donors (Lipinski definition) is 0. The second kappa shape index (κ2) is 4.47. The summed E-state index contributed by atoms with van der Waals surface area (Å²) in [6.07, 6.45) is 4.27. The van der Waals surface area contributed by atoms with Gasteiger partial charge in [-0.25, -0.2) is 9.97 Å². The number of benzene rings is 1. The lowest BCUT2D eigenvalue weighted by Crippen LogP contribution is -2.14. The summed E-state index contributed by atoms with van der Waals surface area (Å²) in [5.74, 6) is 0.982. The van der Waals surface area contributed by atoms with Gasteiger partial charge in [-0.15, -0.1) is 0 Å². The van der Waals surface area contributed by atoms with Crippen LogP contribution in [0.1, 0.15) is 35.5 Å². The minimum Gasteiger partial charge on any atom is -0.240 e. The van der Waals surface area contributed by atoms with E-state index in [4.69, 9.17) is 4.98 Å². The molecule has 0 aliphatic heterocycles. The third-order valence-electron chi connectivity index (χ3n) is 3.73. The topological polar surface area (TPSA) is 25.8 Å². The lowest BCUT2D eigenvalue weighted by Gasteiger charge is -2.15. The SMILES string of the molecule is Cc1nc(C2(c3ccccc3)CC2)ncc1CBr. The van der Waals surface area contributed by atoms with E-state index < -0.39 is 0 Å². The molecule has 18 heavy (non-hydrogen) atoms. The van der Waals surface area contributed by atoms with Crippen molar-refractivity contribution in [2.45, 2.75) is 30.5 Å². The maximum atomic E-state index is 4.71. The molecule has 1 fully saturated rings. The lowest BCUT2D eigenvalue weighted by atomic mass is 9.95. The van der Waals surface area contributed by atoms with Crippen molar-refractivity contribution in [3.8, 4) is 0 Å². The molecule has 0 spiro atoms. The van der Waals surface area contributed by atoms with Crippen LogP contribution in [0.4, 0.5) is 0 Å². The molecule has 3 rings (SSSR count). The van der Waals surface area contributed by atoms with E-state index in [1.165, 1.54) is 11.1 Å². The summed E-state index contributed by atoms with van der Waals surface area (Å²) in [6, 6.07) is 10.6. The molecule has 3 heteroatoms. The molecule has 0 amide bonds. The fraction of sp³-hybridized carbons (Fsp3) is 0.333. The number of aromatic nitrogens is 2. The highest BCUT2D eigenvalue weighted by molar-refractivity contribution is 9.08. The third-order valence-corrected chi connectivity index (χ3v) is 4.33. The van der Waals surface area contributed by atoms with E-state index in [0.29, 0.717) is 0 Å². The van der Waals surface area contributed by atoms with E-state index >= 15 is 0 Å². The minimum atomic E-state index is 0.0802. The maximum Gasteiger partial charge on any atom is 0.139 e. The summed E-state index contributed by atoms with van der Waals surface area (Å²) in [7, 11) is 0. The van der Waals surface area contributed by atoms with E-state index in [2.05, 4.69) is 58.2 Å². The van der Waals surface area contributed by atoms with Crippen molar-refractivity contribution < 1.29 is 0 Å². The van der Waals surface area contributed by atoms with Gasteiger partial charge in [0.25, 0.3) is 0 Å². The van der Waals surface area contributed by atoms with Crippen LogP contribution in [0.25, 0.3) is 0 Å². The zero-order valence-corrected chi connectivity index (χ0v) is 11.9. The summed E-state index contributed by atoms with van der Waals surface area (Å²) in [5, 5.41) is 0.817. The molecule has 0 atom stereocenters. The van der Waals surface area contributed by atoms with E-state index in [0.717, 1.165) is 29.7 Å². The van der Waals surface area contributed by atoms with Crippen LogP contribution < -0.4 is 0 Å². The van der Waals surface area contributed by atoms with Crippen molar-refractivity contribution >= 4 is 15.9 Å². The average Bonchev–Trinajstić information content (AvgIpc) is 3.21. The Bertz CT molecular complexity index is 562. The Balaban J connectivity index is 2.03. The van der Waals surface area contributed by atoms with Crippen LogP contribution in [-0.4, -0.2) is 9.97 Å². The van der Waals surface area contributed by atoms with Crippen molar-refractivity contribution in [2.24, 2.45) is 0 Å². The number of halogens is 1. The first kappa shape index (κ1) is 11.8. The van der Waals surface area contributed by atoms with E-state index in [1.807, 2.05) is 6.20 Å². The molecule has 1 aromatic carbocycles. The Labute approximate surface area is 116 Å². The Morgan fingerprint density at radius 1 is 1.22 bits per heavy atom. The van der Waals surface area contributed by atoms with E-state index in [9.17, 15) is 0 Å². The molecule has 0 bridgehead atoms. The average molecular weight is 303 g/mol. The molecule has 1 aliphatic carbocycles. The number of rotatable bonds is 3. The molecule has 0 N–H and O–H groups in total. The monoisotopic (exact) mass is 302 g/mol. The van der Waals surface area contributed by atoms with Gasteiger partial charge in [-0.2, -0.15) is 0 Å². The molecule has 1 aromatic heterocycles. The van der Waals surface area contributed by atoms with Crippen LogP contribution in [0.3, 0.4) is 0 Å².